The fourth-order valence-electron chi connectivity index (χ4n) is 2.44. The molecular formula is C16H18N2O6S. The molecule has 0 saturated carbocycles. The molecule has 2 heterocycles. The van der Waals surface area contributed by atoms with E-state index in [1.165, 1.54) is 16.6 Å². The molecule has 1 N–H and O–H groups in total. The van der Waals surface area contributed by atoms with E-state index in [4.69, 9.17) is 13.9 Å². The maximum Gasteiger partial charge on any atom is 0.287 e. The summed E-state index contributed by atoms with van der Waals surface area (Å²) in [6.07, 6.45) is 2.51. The van der Waals surface area contributed by atoms with Gasteiger partial charge in [-0.1, -0.05) is 0 Å². The summed E-state index contributed by atoms with van der Waals surface area (Å²) in [6, 6.07) is 8.06. The summed E-state index contributed by atoms with van der Waals surface area (Å²) in [5.41, 5.74) is 0.444. The third kappa shape index (κ3) is 4.05. The Kier molecular flexibility index (Phi) is 4.84. The number of hydrogen-bond donors (Lipinski definition) is 1. The van der Waals surface area contributed by atoms with Gasteiger partial charge in [-0.15, -0.1) is 0 Å². The number of carbonyl (C=O) groups is 1. The standard InChI is InChI=1S/C16H18N2O6S/c1-25(20,21)18(7-6-17-16(19)14-3-2-8-22-14)12-4-5-13-15(11-12)24-10-9-23-13/h2-5,8,11H,6-7,9-10H2,1H3,(H,17,19). The second-order valence-corrected chi connectivity index (χ2v) is 7.30. The Morgan fingerprint density at radius 1 is 1.20 bits per heavy atom. The van der Waals surface area contributed by atoms with E-state index in [1.54, 1.807) is 24.3 Å². The van der Waals surface area contributed by atoms with Crippen molar-refractivity contribution in [1.82, 2.24) is 5.32 Å². The van der Waals surface area contributed by atoms with E-state index >= 15 is 0 Å². The summed E-state index contributed by atoms with van der Waals surface area (Å²) in [7, 11) is -3.53. The molecule has 0 spiro atoms. The van der Waals surface area contributed by atoms with E-state index in [0.29, 0.717) is 30.4 Å². The predicted molar refractivity (Wildman–Crippen MR) is 90.7 cm³/mol. The minimum Gasteiger partial charge on any atom is -0.486 e. The summed E-state index contributed by atoms with van der Waals surface area (Å²) < 4.78 is 41.4. The highest BCUT2D eigenvalue weighted by Crippen LogP contribution is 2.34. The lowest BCUT2D eigenvalue weighted by Crippen LogP contribution is -2.38. The first-order valence-electron chi connectivity index (χ1n) is 7.64. The highest BCUT2D eigenvalue weighted by molar-refractivity contribution is 7.92. The minimum atomic E-state index is -3.53. The lowest BCUT2D eigenvalue weighted by molar-refractivity contribution is 0.0927. The van der Waals surface area contributed by atoms with Gasteiger partial charge in [-0.2, -0.15) is 0 Å². The van der Waals surface area contributed by atoms with Crippen LogP contribution in [0, 0.1) is 0 Å². The van der Waals surface area contributed by atoms with E-state index < -0.39 is 15.9 Å². The smallest absolute Gasteiger partial charge is 0.287 e. The number of benzene rings is 1. The molecule has 0 saturated heterocycles. The first kappa shape index (κ1) is 17.2. The largest absolute Gasteiger partial charge is 0.486 e. The minimum absolute atomic E-state index is 0.0743. The van der Waals surface area contributed by atoms with Crippen LogP contribution in [0.3, 0.4) is 0 Å². The summed E-state index contributed by atoms with van der Waals surface area (Å²) in [6.45, 7) is 1.07. The molecule has 8 nitrogen and oxygen atoms in total. The van der Waals surface area contributed by atoms with E-state index in [-0.39, 0.29) is 18.8 Å². The molecule has 9 heteroatoms. The molecule has 1 aromatic carbocycles. The number of sulfonamides is 1. The van der Waals surface area contributed by atoms with Crippen molar-refractivity contribution in [3.63, 3.8) is 0 Å². The number of carbonyl (C=O) groups excluding carboxylic acids is 1. The van der Waals surface area contributed by atoms with Crippen LogP contribution in [0.5, 0.6) is 11.5 Å². The fraction of sp³-hybridized carbons (Fsp3) is 0.312. The van der Waals surface area contributed by atoms with Gasteiger partial charge in [0.2, 0.25) is 10.0 Å². The Morgan fingerprint density at radius 3 is 2.64 bits per heavy atom. The van der Waals surface area contributed by atoms with E-state index in [9.17, 15) is 13.2 Å². The maximum absolute atomic E-state index is 12.1. The van der Waals surface area contributed by atoms with Crippen molar-refractivity contribution in [3.8, 4) is 11.5 Å². The van der Waals surface area contributed by atoms with Crippen molar-refractivity contribution in [2.45, 2.75) is 0 Å². The topological polar surface area (TPSA) is 98.1 Å². The number of furan rings is 1. The van der Waals surface area contributed by atoms with Crippen LogP contribution >= 0.6 is 0 Å². The molecular weight excluding hydrogens is 348 g/mol. The highest BCUT2D eigenvalue weighted by atomic mass is 32.2. The number of rotatable bonds is 6. The summed E-state index contributed by atoms with van der Waals surface area (Å²) in [5, 5.41) is 2.62. The fourth-order valence-corrected chi connectivity index (χ4v) is 3.36. The molecule has 3 rings (SSSR count). The number of amides is 1. The first-order chi connectivity index (χ1) is 11.9. The Labute approximate surface area is 145 Å². The van der Waals surface area contributed by atoms with Gasteiger partial charge in [-0.25, -0.2) is 8.42 Å². The van der Waals surface area contributed by atoms with E-state index in [2.05, 4.69) is 5.32 Å². The number of hydrogen-bond acceptors (Lipinski definition) is 6. The molecule has 0 radical (unpaired) electrons. The van der Waals surface area contributed by atoms with Crippen LogP contribution in [0.25, 0.3) is 0 Å². The molecule has 1 aromatic heterocycles. The van der Waals surface area contributed by atoms with Gasteiger partial charge < -0.3 is 19.2 Å². The van der Waals surface area contributed by atoms with Crippen LogP contribution in [0.1, 0.15) is 10.6 Å². The van der Waals surface area contributed by atoms with E-state index in [0.717, 1.165) is 6.26 Å². The van der Waals surface area contributed by atoms with Crippen LogP contribution in [0.15, 0.2) is 41.0 Å². The molecule has 0 fully saturated rings. The van der Waals surface area contributed by atoms with Gasteiger partial charge in [0.15, 0.2) is 17.3 Å². The molecule has 0 atom stereocenters. The molecule has 0 aliphatic carbocycles. The molecule has 25 heavy (non-hydrogen) atoms. The van der Waals surface area contributed by atoms with Gasteiger partial charge in [-0.3, -0.25) is 9.10 Å². The number of ether oxygens (including phenoxy) is 2. The Balaban J connectivity index is 1.71. The van der Waals surface area contributed by atoms with Crippen LogP contribution in [0.2, 0.25) is 0 Å². The van der Waals surface area contributed by atoms with Gasteiger partial charge >= 0.3 is 0 Å². The zero-order valence-electron chi connectivity index (χ0n) is 13.6. The van der Waals surface area contributed by atoms with Gasteiger partial charge in [0, 0.05) is 12.6 Å². The zero-order valence-corrected chi connectivity index (χ0v) is 14.4. The molecule has 0 bridgehead atoms. The number of fused-ring (bicyclic) bond motifs is 1. The Hall–Kier alpha value is -2.68. The quantitative estimate of drug-likeness (QED) is 0.826. The molecule has 1 aliphatic rings. The first-order valence-corrected chi connectivity index (χ1v) is 9.49. The average molecular weight is 366 g/mol. The normalized spacial score (nSPS) is 13.3. The SMILES string of the molecule is CS(=O)(=O)N(CCNC(=O)c1ccco1)c1ccc2c(c1)OCCO2. The summed E-state index contributed by atoms with van der Waals surface area (Å²) in [4.78, 5) is 11.9. The molecule has 0 unspecified atom stereocenters. The van der Waals surface area contributed by atoms with Crippen molar-refractivity contribution in [1.29, 1.82) is 0 Å². The number of nitrogens with zero attached hydrogens (tertiary/aromatic N) is 1. The van der Waals surface area contributed by atoms with Crippen molar-refractivity contribution in [3.05, 3.63) is 42.4 Å². The van der Waals surface area contributed by atoms with Crippen molar-refractivity contribution < 1.29 is 27.1 Å². The Bertz CT molecular complexity index is 848. The van der Waals surface area contributed by atoms with E-state index in [1.807, 2.05) is 0 Å². The maximum atomic E-state index is 12.1. The Morgan fingerprint density at radius 2 is 1.96 bits per heavy atom. The van der Waals surface area contributed by atoms with Crippen molar-refractivity contribution >= 4 is 21.6 Å². The van der Waals surface area contributed by atoms with Crippen molar-refractivity contribution in [2.24, 2.45) is 0 Å². The summed E-state index contributed by atoms with van der Waals surface area (Å²) >= 11 is 0. The number of nitrogens with one attached hydrogen (secondary N) is 1. The van der Waals surface area contributed by atoms with Gasteiger partial charge in [0.25, 0.3) is 5.91 Å². The van der Waals surface area contributed by atoms with Crippen molar-refractivity contribution in [2.75, 3.05) is 36.9 Å². The van der Waals surface area contributed by atoms with Gasteiger partial charge in [0.1, 0.15) is 13.2 Å². The molecule has 134 valence electrons. The third-order valence-corrected chi connectivity index (χ3v) is 4.75. The van der Waals surface area contributed by atoms with Gasteiger partial charge in [0.05, 0.1) is 24.8 Å². The molecule has 1 aliphatic heterocycles. The van der Waals surface area contributed by atoms with Crippen LogP contribution < -0.4 is 19.1 Å². The zero-order chi connectivity index (χ0) is 17.9. The summed E-state index contributed by atoms with van der Waals surface area (Å²) in [5.74, 6) is 0.845. The monoisotopic (exact) mass is 366 g/mol. The highest BCUT2D eigenvalue weighted by Gasteiger charge is 2.21. The average Bonchev–Trinajstić information content (AvgIpc) is 3.12. The second-order valence-electron chi connectivity index (χ2n) is 5.40. The van der Waals surface area contributed by atoms with Crippen LogP contribution in [-0.2, 0) is 10.0 Å². The number of anilines is 1. The lowest BCUT2D eigenvalue weighted by Gasteiger charge is -2.25. The van der Waals surface area contributed by atoms with Crippen LogP contribution in [-0.4, -0.2) is 46.9 Å². The van der Waals surface area contributed by atoms with Gasteiger partial charge in [-0.05, 0) is 24.3 Å². The lowest BCUT2D eigenvalue weighted by atomic mass is 10.2. The third-order valence-electron chi connectivity index (χ3n) is 3.56. The van der Waals surface area contributed by atoms with Crippen LogP contribution in [0.4, 0.5) is 5.69 Å². The second kappa shape index (κ2) is 7.06. The molecule has 2 aromatic rings. The predicted octanol–water partition coefficient (Wildman–Crippen LogP) is 1.25. The molecule has 1 amide bonds.